The van der Waals surface area contributed by atoms with Crippen molar-refractivity contribution in [3.63, 3.8) is 0 Å². The van der Waals surface area contributed by atoms with Crippen LogP contribution in [0.5, 0.6) is 11.5 Å². The highest BCUT2D eigenvalue weighted by atomic mass is 16.5. The third kappa shape index (κ3) is 7.13. The highest BCUT2D eigenvalue weighted by Crippen LogP contribution is 2.31. The molecule has 2 aromatic heterocycles. The van der Waals surface area contributed by atoms with Gasteiger partial charge in [-0.3, -0.25) is 4.90 Å². The summed E-state index contributed by atoms with van der Waals surface area (Å²) in [5, 5.41) is 2.95. The van der Waals surface area contributed by atoms with Crippen LogP contribution in [0.4, 0.5) is 16.3 Å². The summed E-state index contributed by atoms with van der Waals surface area (Å²) in [4.78, 5) is 22.2. The van der Waals surface area contributed by atoms with Gasteiger partial charge in [0.25, 0.3) is 0 Å². The van der Waals surface area contributed by atoms with Gasteiger partial charge >= 0.3 is 6.03 Å². The summed E-state index contributed by atoms with van der Waals surface area (Å²) in [7, 11) is 3.33. The van der Waals surface area contributed by atoms with Crippen LogP contribution in [-0.4, -0.2) is 47.9 Å². The van der Waals surface area contributed by atoms with E-state index in [4.69, 9.17) is 15.2 Å². The summed E-state index contributed by atoms with van der Waals surface area (Å²) in [5.41, 5.74) is 8.73. The van der Waals surface area contributed by atoms with E-state index in [0.717, 1.165) is 43.6 Å². The Morgan fingerprint density at radius 1 is 1.18 bits per heavy atom. The van der Waals surface area contributed by atoms with Crippen molar-refractivity contribution >= 4 is 17.5 Å². The predicted octanol–water partition coefficient (Wildman–Crippen LogP) is 3.82. The van der Waals surface area contributed by atoms with Crippen molar-refractivity contribution in [1.29, 1.82) is 0 Å². The lowest BCUT2D eigenvalue weighted by Crippen LogP contribution is -2.38. The molecule has 0 unspecified atom stereocenters. The molecule has 9 nitrogen and oxygen atoms in total. The number of aryl methyl sites for hydroxylation is 3. The van der Waals surface area contributed by atoms with E-state index in [-0.39, 0.29) is 6.03 Å². The molecule has 3 rings (SSSR count). The molecule has 0 aliphatic heterocycles. The third-order valence-corrected chi connectivity index (χ3v) is 5.57. The van der Waals surface area contributed by atoms with Gasteiger partial charge in [0, 0.05) is 50.0 Å². The first-order valence-corrected chi connectivity index (χ1v) is 11.5. The first-order chi connectivity index (χ1) is 16.5. The molecule has 34 heavy (non-hydrogen) atoms. The molecular weight excluding hydrogens is 432 g/mol. The van der Waals surface area contributed by atoms with Gasteiger partial charge in [-0.2, -0.15) is 0 Å². The number of hydrogen-bond acceptors (Lipinski definition) is 6. The number of nitrogens with zero attached hydrogens (tertiary/aromatic N) is 4. The van der Waals surface area contributed by atoms with Gasteiger partial charge in [0.05, 0.1) is 20.0 Å². The van der Waals surface area contributed by atoms with Gasteiger partial charge in [-0.05, 0) is 62.4 Å². The number of methoxy groups -OCH3 is 1. The van der Waals surface area contributed by atoms with E-state index in [1.54, 1.807) is 31.6 Å². The second kappa shape index (κ2) is 12.5. The lowest BCUT2D eigenvalue weighted by Gasteiger charge is -2.20. The van der Waals surface area contributed by atoms with Gasteiger partial charge in [0.2, 0.25) is 0 Å². The number of ether oxygens (including phenoxy) is 2. The molecule has 3 aromatic rings. The summed E-state index contributed by atoms with van der Waals surface area (Å²) in [6.45, 7) is 3.97. The fourth-order valence-corrected chi connectivity index (χ4v) is 3.55. The van der Waals surface area contributed by atoms with Gasteiger partial charge in [-0.1, -0.05) is 0 Å². The van der Waals surface area contributed by atoms with Crippen LogP contribution in [0.2, 0.25) is 0 Å². The van der Waals surface area contributed by atoms with E-state index in [1.165, 1.54) is 5.56 Å². The molecule has 0 spiro atoms. The minimum absolute atomic E-state index is 0.171. The van der Waals surface area contributed by atoms with Crippen molar-refractivity contribution in [3.8, 4) is 11.5 Å². The predicted molar refractivity (Wildman–Crippen MR) is 133 cm³/mol. The molecule has 1 aromatic carbocycles. The fourth-order valence-electron chi connectivity index (χ4n) is 3.55. The third-order valence-electron chi connectivity index (χ3n) is 5.57. The molecule has 182 valence electrons. The highest BCUT2D eigenvalue weighted by Gasteiger charge is 2.14. The second-order valence-corrected chi connectivity index (χ2v) is 8.10. The number of rotatable bonds is 12. The zero-order valence-corrected chi connectivity index (χ0v) is 20.2. The zero-order chi connectivity index (χ0) is 24.3. The zero-order valence-electron chi connectivity index (χ0n) is 20.2. The molecule has 2 heterocycles. The summed E-state index contributed by atoms with van der Waals surface area (Å²) < 4.78 is 13.5. The number of pyridine rings is 1. The number of carbonyl (C=O) groups is 1. The van der Waals surface area contributed by atoms with E-state index in [2.05, 4.69) is 19.9 Å². The summed E-state index contributed by atoms with van der Waals surface area (Å²) in [6.07, 6.45) is 8.98. The Labute approximate surface area is 200 Å². The quantitative estimate of drug-likeness (QED) is 0.393. The van der Waals surface area contributed by atoms with Gasteiger partial charge in [-0.25, -0.2) is 14.8 Å². The smallest absolute Gasteiger partial charge is 0.321 e. The number of hydrogen-bond donors (Lipinski definition) is 2. The van der Waals surface area contributed by atoms with E-state index in [1.807, 2.05) is 43.5 Å². The minimum Gasteiger partial charge on any atom is -0.493 e. The maximum Gasteiger partial charge on any atom is 0.321 e. The Balaban J connectivity index is 1.43. The van der Waals surface area contributed by atoms with Crippen molar-refractivity contribution in [2.45, 2.75) is 39.2 Å². The number of aromatic nitrogens is 3. The van der Waals surface area contributed by atoms with Crippen molar-refractivity contribution in [1.82, 2.24) is 19.9 Å². The summed E-state index contributed by atoms with van der Waals surface area (Å²) in [6, 6.07) is 9.20. The van der Waals surface area contributed by atoms with E-state index in [9.17, 15) is 4.79 Å². The van der Waals surface area contributed by atoms with Crippen LogP contribution in [0.3, 0.4) is 0 Å². The number of nitrogens with two attached hydrogens (primary N) is 1. The molecule has 0 saturated heterocycles. The van der Waals surface area contributed by atoms with Crippen LogP contribution >= 0.6 is 0 Å². The number of amides is 2. The molecule has 0 fully saturated rings. The van der Waals surface area contributed by atoms with Crippen LogP contribution in [0.15, 0.2) is 49.1 Å². The van der Waals surface area contributed by atoms with Crippen molar-refractivity contribution in [2.75, 3.05) is 37.9 Å². The highest BCUT2D eigenvalue weighted by molar-refractivity contribution is 5.91. The summed E-state index contributed by atoms with van der Waals surface area (Å²) in [5.74, 6) is 1.79. The molecule has 0 aliphatic carbocycles. The van der Waals surface area contributed by atoms with Gasteiger partial charge in [-0.15, -0.1) is 0 Å². The Morgan fingerprint density at radius 3 is 2.76 bits per heavy atom. The van der Waals surface area contributed by atoms with Crippen LogP contribution in [0.25, 0.3) is 0 Å². The minimum atomic E-state index is -0.171. The molecule has 0 saturated carbocycles. The molecular formula is C25H34N6O3. The van der Waals surface area contributed by atoms with Crippen LogP contribution < -0.4 is 25.4 Å². The average Bonchev–Trinajstić information content (AvgIpc) is 3.25. The number of carbonyl (C=O) groups excluding carboxylic acids is 1. The first kappa shape index (κ1) is 24.9. The number of urea groups is 1. The summed E-state index contributed by atoms with van der Waals surface area (Å²) >= 11 is 0. The standard InChI is InChI=1S/C25H34N6O3/c1-19-17-27-18-31(19)13-6-11-29-25(32)30(2)21-8-9-22(23(16-21)33-3)34-14-5-4-7-20-10-12-28-24(26)15-20/h8-10,12,15-18H,4-7,11,13-14H2,1-3H3,(H2,26,28)(H,29,32). The monoisotopic (exact) mass is 466 g/mol. The van der Waals surface area contributed by atoms with Crippen LogP contribution in [0, 0.1) is 6.92 Å². The Morgan fingerprint density at radius 2 is 2.03 bits per heavy atom. The maximum atomic E-state index is 12.6. The van der Waals surface area contributed by atoms with Crippen molar-refractivity contribution in [2.24, 2.45) is 0 Å². The lowest BCUT2D eigenvalue weighted by atomic mass is 10.1. The van der Waals surface area contributed by atoms with Gasteiger partial charge < -0.3 is 25.1 Å². The topological polar surface area (TPSA) is 108 Å². The number of unbranched alkanes of at least 4 members (excludes halogenated alkanes) is 1. The normalized spacial score (nSPS) is 10.7. The molecule has 3 N–H and O–H groups in total. The number of anilines is 2. The number of benzene rings is 1. The Kier molecular flexibility index (Phi) is 9.13. The lowest BCUT2D eigenvalue weighted by molar-refractivity contribution is 0.247. The fraction of sp³-hybridized carbons (Fsp3) is 0.400. The second-order valence-electron chi connectivity index (χ2n) is 8.10. The van der Waals surface area contributed by atoms with Crippen molar-refractivity contribution in [3.05, 3.63) is 60.3 Å². The number of nitrogen functional groups attached to an aromatic ring is 1. The largest absolute Gasteiger partial charge is 0.493 e. The van der Waals surface area contributed by atoms with E-state index >= 15 is 0 Å². The molecule has 0 radical (unpaired) electrons. The molecule has 0 atom stereocenters. The SMILES string of the molecule is COc1cc(N(C)C(=O)NCCCn2cncc2C)ccc1OCCCCc1ccnc(N)c1. The van der Waals surface area contributed by atoms with Gasteiger partial charge in [0.15, 0.2) is 11.5 Å². The van der Waals surface area contributed by atoms with Gasteiger partial charge in [0.1, 0.15) is 5.82 Å². The maximum absolute atomic E-state index is 12.6. The molecule has 9 heteroatoms. The molecule has 2 amide bonds. The van der Waals surface area contributed by atoms with Crippen LogP contribution in [0.1, 0.15) is 30.5 Å². The Bertz CT molecular complexity index is 1070. The molecule has 0 bridgehead atoms. The molecule has 0 aliphatic rings. The Hall–Kier alpha value is -3.75. The van der Waals surface area contributed by atoms with E-state index < -0.39 is 0 Å². The average molecular weight is 467 g/mol. The van der Waals surface area contributed by atoms with E-state index in [0.29, 0.717) is 30.5 Å². The number of imidazole rings is 1. The van der Waals surface area contributed by atoms with Crippen molar-refractivity contribution < 1.29 is 14.3 Å². The number of nitrogens with one attached hydrogen (secondary N) is 1. The first-order valence-electron chi connectivity index (χ1n) is 11.5. The van der Waals surface area contributed by atoms with Crippen LogP contribution in [-0.2, 0) is 13.0 Å².